The van der Waals surface area contributed by atoms with E-state index in [1.807, 2.05) is 10.7 Å². The molecule has 1 amide bonds. The molecule has 0 saturated carbocycles. The number of nitrogens with zero attached hydrogens (tertiary/aromatic N) is 4. The zero-order valence-corrected chi connectivity index (χ0v) is 15.1. The van der Waals surface area contributed by atoms with Crippen LogP contribution in [-0.2, 0) is 6.54 Å². The second-order valence-electron chi connectivity index (χ2n) is 6.14. The number of hydrogen-bond acceptors (Lipinski definition) is 5. The summed E-state index contributed by atoms with van der Waals surface area (Å²) in [5.74, 6) is 0.251. The fraction of sp³-hybridized carbons (Fsp3) is 0.333. The van der Waals surface area contributed by atoms with Crippen molar-refractivity contribution in [2.75, 3.05) is 19.6 Å². The van der Waals surface area contributed by atoms with Gasteiger partial charge in [0, 0.05) is 36.8 Å². The molecule has 8 heteroatoms. The third kappa shape index (κ3) is 3.68. The van der Waals surface area contributed by atoms with Crippen LogP contribution in [0.1, 0.15) is 28.5 Å². The molecule has 136 valence electrons. The van der Waals surface area contributed by atoms with Gasteiger partial charge in [0.1, 0.15) is 5.69 Å². The number of carbonyl (C=O) groups is 1. The van der Waals surface area contributed by atoms with Crippen LogP contribution < -0.4 is 10.6 Å². The predicted octanol–water partition coefficient (Wildman–Crippen LogP) is 1.75. The maximum Gasteiger partial charge on any atom is 0.269 e. The fourth-order valence-corrected chi connectivity index (χ4v) is 3.24. The Morgan fingerprint density at radius 2 is 2.12 bits per heavy atom. The topological polar surface area (TPSA) is 84.7 Å². The Morgan fingerprint density at radius 3 is 2.88 bits per heavy atom. The van der Waals surface area contributed by atoms with Crippen molar-refractivity contribution in [3.8, 4) is 0 Å². The highest BCUT2D eigenvalue weighted by molar-refractivity contribution is 5.92. The zero-order valence-electron chi connectivity index (χ0n) is 14.3. The van der Waals surface area contributed by atoms with E-state index in [0.29, 0.717) is 24.7 Å². The molecule has 0 spiro atoms. The summed E-state index contributed by atoms with van der Waals surface area (Å²) >= 11 is 0. The Morgan fingerprint density at radius 1 is 1.23 bits per heavy atom. The van der Waals surface area contributed by atoms with E-state index in [0.717, 1.165) is 36.2 Å². The number of nitrogens with one attached hydrogen (secondary N) is 2. The molecule has 0 radical (unpaired) electrons. The van der Waals surface area contributed by atoms with E-state index in [9.17, 15) is 4.79 Å². The molecular weight excluding hydrogens is 352 g/mol. The van der Waals surface area contributed by atoms with Crippen LogP contribution in [0.25, 0.3) is 11.0 Å². The van der Waals surface area contributed by atoms with Crippen LogP contribution in [0, 0.1) is 0 Å². The Labute approximate surface area is 157 Å². The van der Waals surface area contributed by atoms with Gasteiger partial charge in [-0.1, -0.05) is 6.07 Å². The molecule has 3 aromatic rings. The van der Waals surface area contributed by atoms with Gasteiger partial charge in [-0.2, -0.15) is 5.10 Å². The summed E-state index contributed by atoms with van der Waals surface area (Å²) in [4.78, 5) is 20.6. The molecule has 4 heterocycles. The van der Waals surface area contributed by atoms with Crippen LogP contribution in [-0.4, -0.2) is 45.3 Å². The Balaban J connectivity index is 0.00000196. The van der Waals surface area contributed by atoms with Crippen molar-refractivity contribution in [2.24, 2.45) is 0 Å². The van der Waals surface area contributed by atoms with Crippen LogP contribution in [0.5, 0.6) is 0 Å². The molecule has 1 aliphatic rings. The molecule has 1 unspecified atom stereocenters. The average Bonchev–Trinajstić information content (AvgIpc) is 3.30. The van der Waals surface area contributed by atoms with Crippen molar-refractivity contribution in [1.82, 2.24) is 30.4 Å². The van der Waals surface area contributed by atoms with Gasteiger partial charge in [-0.05, 0) is 37.2 Å². The lowest BCUT2D eigenvalue weighted by Gasteiger charge is -2.06. The zero-order chi connectivity index (χ0) is 17.1. The largest absolute Gasteiger partial charge is 0.349 e. The highest BCUT2D eigenvalue weighted by atomic mass is 35.5. The van der Waals surface area contributed by atoms with E-state index < -0.39 is 0 Å². The fourth-order valence-electron chi connectivity index (χ4n) is 3.24. The molecule has 26 heavy (non-hydrogen) atoms. The number of halogens is 1. The lowest BCUT2D eigenvalue weighted by molar-refractivity contribution is 0.0947. The monoisotopic (exact) mass is 372 g/mol. The first kappa shape index (κ1) is 18.3. The van der Waals surface area contributed by atoms with Gasteiger partial charge in [0.05, 0.1) is 12.2 Å². The van der Waals surface area contributed by atoms with E-state index in [1.54, 1.807) is 30.6 Å². The number of rotatable bonds is 5. The number of pyridine rings is 2. The molecule has 3 aromatic heterocycles. The number of fused-ring (bicyclic) bond motifs is 1. The van der Waals surface area contributed by atoms with Gasteiger partial charge in [0.25, 0.3) is 5.91 Å². The molecule has 1 aliphatic heterocycles. The highest BCUT2D eigenvalue weighted by Gasteiger charge is 2.23. The summed E-state index contributed by atoms with van der Waals surface area (Å²) in [7, 11) is 0. The minimum Gasteiger partial charge on any atom is -0.349 e. The van der Waals surface area contributed by atoms with Crippen LogP contribution in [0.2, 0.25) is 0 Å². The van der Waals surface area contributed by atoms with Crippen LogP contribution in [0.4, 0.5) is 0 Å². The number of aromatic nitrogens is 4. The highest BCUT2D eigenvalue weighted by Crippen LogP contribution is 2.27. The summed E-state index contributed by atoms with van der Waals surface area (Å²) < 4.78 is 1.89. The van der Waals surface area contributed by atoms with Gasteiger partial charge in [-0.3, -0.25) is 9.78 Å². The molecule has 2 N–H and O–H groups in total. The first-order chi connectivity index (χ1) is 12.3. The van der Waals surface area contributed by atoms with Crippen LogP contribution in [0.15, 0.2) is 42.7 Å². The normalized spacial score (nSPS) is 16.4. The number of hydrogen-bond donors (Lipinski definition) is 2. The Kier molecular flexibility index (Phi) is 5.80. The second kappa shape index (κ2) is 8.25. The maximum absolute atomic E-state index is 12.1. The predicted molar refractivity (Wildman–Crippen MR) is 102 cm³/mol. The smallest absolute Gasteiger partial charge is 0.269 e. The summed E-state index contributed by atoms with van der Waals surface area (Å²) in [6, 6.07) is 9.31. The quantitative estimate of drug-likeness (QED) is 0.712. The molecule has 0 aliphatic carbocycles. The van der Waals surface area contributed by atoms with E-state index >= 15 is 0 Å². The minimum atomic E-state index is -0.176. The van der Waals surface area contributed by atoms with E-state index in [2.05, 4.69) is 26.7 Å². The molecule has 1 saturated heterocycles. The summed E-state index contributed by atoms with van der Waals surface area (Å²) in [5.41, 5.74) is 2.39. The lowest BCUT2D eigenvalue weighted by atomic mass is 10.0. The maximum atomic E-state index is 12.1. The van der Waals surface area contributed by atoms with Crippen LogP contribution >= 0.6 is 12.4 Å². The van der Waals surface area contributed by atoms with Crippen molar-refractivity contribution in [3.63, 3.8) is 0 Å². The standard InChI is InChI=1S/C18H20N6O.ClH/c25-18(15-5-1-2-7-20-15)22-10-11-24-17-14(4-3-8-21-17)16(23-24)13-6-9-19-12-13;/h1-5,7-8,13,19H,6,9-12H2,(H,22,25);1H. The Bertz CT molecular complexity index is 876. The molecule has 0 aromatic carbocycles. The molecule has 0 bridgehead atoms. The first-order valence-corrected chi connectivity index (χ1v) is 8.54. The second-order valence-corrected chi connectivity index (χ2v) is 6.14. The third-order valence-corrected chi connectivity index (χ3v) is 4.49. The summed E-state index contributed by atoms with van der Waals surface area (Å²) in [6.07, 6.45) is 4.49. The van der Waals surface area contributed by atoms with Crippen molar-refractivity contribution in [1.29, 1.82) is 0 Å². The summed E-state index contributed by atoms with van der Waals surface area (Å²) in [6.45, 7) is 3.04. The molecular formula is C18H21ClN6O. The molecule has 7 nitrogen and oxygen atoms in total. The van der Waals surface area contributed by atoms with E-state index in [4.69, 9.17) is 5.10 Å². The third-order valence-electron chi connectivity index (χ3n) is 4.49. The molecule has 1 fully saturated rings. The average molecular weight is 373 g/mol. The first-order valence-electron chi connectivity index (χ1n) is 8.54. The van der Waals surface area contributed by atoms with E-state index in [-0.39, 0.29) is 18.3 Å². The van der Waals surface area contributed by atoms with Crippen LogP contribution in [0.3, 0.4) is 0 Å². The summed E-state index contributed by atoms with van der Waals surface area (Å²) in [5, 5.41) is 12.2. The van der Waals surface area contributed by atoms with Crippen molar-refractivity contribution < 1.29 is 4.79 Å². The molecule has 1 atom stereocenters. The van der Waals surface area contributed by atoms with Gasteiger partial charge >= 0.3 is 0 Å². The Hall–Kier alpha value is -2.51. The minimum absolute atomic E-state index is 0. The SMILES string of the molecule is Cl.O=C(NCCn1nc(C2CCNC2)c2cccnc21)c1ccccn1. The number of carbonyl (C=O) groups excluding carboxylic acids is 1. The van der Waals surface area contributed by atoms with Crippen molar-refractivity contribution in [3.05, 3.63) is 54.1 Å². The van der Waals surface area contributed by atoms with Gasteiger partial charge in [-0.15, -0.1) is 12.4 Å². The lowest BCUT2D eigenvalue weighted by Crippen LogP contribution is -2.28. The van der Waals surface area contributed by atoms with E-state index in [1.165, 1.54) is 0 Å². The van der Waals surface area contributed by atoms with Crippen molar-refractivity contribution in [2.45, 2.75) is 18.9 Å². The van der Waals surface area contributed by atoms with Gasteiger partial charge < -0.3 is 10.6 Å². The van der Waals surface area contributed by atoms with Gasteiger partial charge in [0.2, 0.25) is 0 Å². The van der Waals surface area contributed by atoms with Gasteiger partial charge in [0.15, 0.2) is 5.65 Å². The number of amides is 1. The van der Waals surface area contributed by atoms with Crippen molar-refractivity contribution >= 4 is 29.3 Å². The van der Waals surface area contributed by atoms with Gasteiger partial charge in [-0.25, -0.2) is 9.67 Å². The molecule has 4 rings (SSSR count).